The molecule has 1 amide bonds. The van der Waals surface area contributed by atoms with E-state index in [0.29, 0.717) is 25.2 Å². The van der Waals surface area contributed by atoms with E-state index in [1.54, 1.807) is 12.1 Å². The van der Waals surface area contributed by atoms with E-state index in [1.807, 2.05) is 0 Å². The number of aliphatic hydroxyl groups excluding tert-OH is 1. The molecule has 1 heterocycles. The number of rotatable bonds is 7. The molecule has 0 aromatic heterocycles. The maximum atomic E-state index is 13.0. The first kappa shape index (κ1) is 22.2. The Hall–Kier alpha value is -2.53. The molecule has 1 aliphatic rings. The lowest BCUT2D eigenvalue weighted by Crippen LogP contribution is -2.57. The van der Waals surface area contributed by atoms with Crippen molar-refractivity contribution in [3.8, 4) is 5.75 Å². The van der Waals surface area contributed by atoms with Gasteiger partial charge in [-0.05, 0) is 54.8 Å². The molecule has 3 rings (SSSR count). The van der Waals surface area contributed by atoms with Crippen molar-refractivity contribution in [1.29, 1.82) is 0 Å². The molecule has 2 aromatic carbocycles. The quantitative estimate of drug-likeness (QED) is 0.445. The summed E-state index contributed by atoms with van der Waals surface area (Å²) in [5, 5.41) is 19.0. The second kappa shape index (κ2) is 9.52. The lowest BCUT2D eigenvalue weighted by Gasteiger charge is -2.36. The molecule has 0 saturated carbocycles. The molecule has 1 aliphatic heterocycles. The first-order chi connectivity index (χ1) is 14.3. The Morgan fingerprint density at radius 1 is 1.17 bits per heavy atom. The number of hydrogen-bond donors (Lipinski definition) is 3. The third-order valence-electron chi connectivity index (χ3n) is 4.93. The molecule has 3 N–H and O–H groups in total. The Morgan fingerprint density at radius 3 is 2.47 bits per heavy atom. The Bertz CT molecular complexity index is 966. The van der Waals surface area contributed by atoms with Crippen LogP contribution in [0.1, 0.15) is 18.4 Å². The summed E-state index contributed by atoms with van der Waals surface area (Å²) in [6.07, 6.45) is -0.00976. The highest BCUT2D eigenvalue weighted by atomic mass is 32.2. The standard InChI is InChI=1S/C20H23FN2O6S/c21-15-5-3-14(4-6-15)11-13-29-16-7-9-17(10-8-16)30(27,28)23-12-1-2-18(24)19(23)20(25)22-26/h3-10,18-19,24,26H,1-2,11-13H2,(H,22,25)/t18-,19+/m0/s1. The molecule has 1 fully saturated rings. The maximum absolute atomic E-state index is 13.0. The number of nitrogens with zero attached hydrogens (tertiary/aromatic N) is 1. The van der Waals surface area contributed by atoms with Crippen molar-refractivity contribution in [1.82, 2.24) is 9.79 Å². The van der Waals surface area contributed by atoms with Crippen molar-refractivity contribution in [3.05, 3.63) is 59.9 Å². The summed E-state index contributed by atoms with van der Waals surface area (Å²) in [5.74, 6) is -0.831. The van der Waals surface area contributed by atoms with Crippen molar-refractivity contribution in [2.45, 2.75) is 36.3 Å². The molecule has 0 bridgehead atoms. The number of benzene rings is 2. The Morgan fingerprint density at radius 2 is 1.83 bits per heavy atom. The molecular weight excluding hydrogens is 415 g/mol. The molecule has 0 spiro atoms. The van der Waals surface area contributed by atoms with Gasteiger partial charge >= 0.3 is 0 Å². The number of carbonyl (C=O) groups excluding carboxylic acids is 1. The number of hydroxylamine groups is 1. The van der Waals surface area contributed by atoms with E-state index in [2.05, 4.69) is 0 Å². The molecule has 30 heavy (non-hydrogen) atoms. The van der Waals surface area contributed by atoms with E-state index in [4.69, 9.17) is 9.94 Å². The van der Waals surface area contributed by atoms with Crippen LogP contribution in [0.5, 0.6) is 5.75 Å². The summed E-state index contributed by atoms with van der Waals surface area (Å²) >= 11 is 0. The number of piperidine rings is 1. The van der Waals surface area contributed by atoms with Crippen LogP contribution in [0.2, 0.25) is 0 Å². The van der Waals surface area contributed by atoms with Gasteiger partial charge in [-0.1, -0.05) is 12.1 Å². The average molecular weight is 438 g/mol. The van der Waals surface area contributed by atoms with Gasteiger partial charge in [-0.2, -0.15) is 4.31 Å². The fourth-order valence-electron chi connectivity index (χ4n) is 3.37. The van der Waals surface area contributed by atoms with Gasteiger partial charge in [0.25, 0.3) is 5.91 Å². The van der Waals surface area contributed by atoms with Crippen LogP contribution in [0.15, 0.2) is 53.4 Å². The van der Waals surface area contributed by atoms with E-state index in [-0.39, 0.29) is 23.7 Å². The van der Waals surface area contributed by atoms with Crippen LogP contribution in [0, 0.1) is 5.82 Å². The number of nitrogens with one attached hydrogen (secondary N) is 1. The highest BCUT2D eigenvalue weighted by molar-refractivity contribution is 7.89. The maximum Gasteiger partial charge on any atom is 0.264 e. The van der Waals surface area contributed by atoms with Crippen LogP contribution < -0.4 is 10.2 Å². The van der Waals surface area contributed by atoms with Gasteiger partial charge in [0, 0.05) is 13.0 Å². The summed E-state index contributed by atoms with van der Waals surface area (Å²) in [7, 11) is -4.07. The van der Waals surface area contributed by atoms with Gasteiger partial charge in [0.15, 0.2) is 0 Å². The minimum Gasteiger partial charge on any atom is -0.493 e. The first-order valence-corrected chi connectivity index (χ1v) is 10.9. The van der Waals surface area contributed by atoms with Gasteiger partial charge in [-0.3, -0.25) is 10.0 Å². The molecule has 2 atom stereocenters. The molecular formula is C20H23FN2O6S. The predicted octanol–water partition coefficient (Wildman–Crippen LogP) is 1.47. The van der Waals surface area contributed by atoms with Gasteiger partial charge in [-0.25, -0.2) is 18.3 Å². The smallest absolute Gasteiger partial charge is 0.264 e. The predicted molar refractivity (Wildman–Crippen MR) is 105 cm³/mol. The molecule has 0 aliphatic carbocycles. The van der Waals surface area contributed by atoms with E-state index in [9.17, 15) is 22.7 Å². The number of halogens is 1. The molecule has 2 aromatic rings. The Kier molecular flexibility index (Phi) is 7.03. The zero-order valence-corrected chi connectivity index (χ0v) is 16.9. The second-order valence-electron chi connectivity index (χ2n) is 6.94. The van der Waals surface area contributed by atoms with Gasteiger partial charge in [-0.15, -0.1) is 0 Å². The second-order valence-corrected chi connectivity index (χ2v) is 8.83. The monoisotopic (exact) mass is 438 g/mol. The zero-order valence-electron chi connectivity index (χ0n) is 16.1. The summed E-state index contributed by atoms with van der Waals surface area (Å²) in [4.78, 5) is 11.8. The largest absolute Gasteiger partial charge is 0.493 e. The summed E-state index contributed by atoms with van der Waals surface area (Å²) < 4.78 is 45.4. The third kappa shape index (κ3) is 4.96. The van der Waals surface area contributed by atoms with Crippen molar-refractivity contribution >= 4 is 15.9 Å². The minimum atomic E-state index is -4.07. The molecule has 10 heteroatoms. The topological polar surface area (TPSA) is 116 Å². The van der Waals surface area contributed by atoms with Crippen LogP contribution in [0.3, 0.4) is 0 Å². The summed E-state index contributed by atoms with van der Waals surface area (Å²) in [6, 6.07) is 10.4. The van der Waals surface area contributed by atoms with E-state index in [1.165, 1.54) is 41.9 Å². The van der Waals surface area contributed by atoms with Gasteiger partial charge in [0.05, 0.1) is 17.6 Å². The first-order valence-electron chi connectivity index (χ1n) is 9.44. The van der Waals surface area contributed by atoms with Crippen molar-refractivity contribution in [2.24, 2.45) is 0 Å². The average Bonchev–Trinajstić information content (AvgIpc) is 2.75. The van der Waals surface area contributed by atoms with E-state index in [0.717, 1.165) is 9.87 Å². The van der Waals surface area contributed by atoms with Crippen molar-refractivity contribution < 1.29 is 32.7 Å². The number of aliphatic hydroxyl groups is 1. The summed E-state index contributed by atoms with van der Waals surface area (Å²) in [5.41, 5.74) is 2.33. The Labute approximate surface area is 173 Å². The van der Waals surface area contributed by atoms with Gasteiger partial charge < -0.3 is 9.84 Å². The molecule has 0 radical (unpaired) electrons. The SMILES string of the molecule is O=C(NO)[C@H]1[C@@H](O)CCCN1S(=O)(=O)c1ccc(OCCc2ccc(F)cc2)cc1. The van der Waals surface area contributed by atoms with Crippen LogP contribution >= 0.6 is 0 Å². The van der Waals surface area contributed by atoms with Crippen molar-refractivity contribution in [2.75, 3.05) is 13.2 Å². The highest BCUT2D eigenvalue weighted by Gasteiger charge is 2.42. The Balaban J connectivity index is 1.67. The van der Waals surface area contributed by atoms with Gasteiger partial charge in [0.2, 0.25) is 10.0 Å². The number of hydrogen-bond acceptors (Lipinski definition) is 6. The molecule has 162 valence electrons. The number of sulfonamides is 1. The van der Waals surface area contributed by atoms with Crippen LogP contribution in [0.4, 0.5) is 4.39 Å². The van der Waals surface area contributed by atoms with Crippen LogP contribution in [-0.4, -0.2) is 54.2 Å². The van der Waals surface area contributed by atoms with Crippen LogP contribution in [-0.2, 0) is 21.2 Å². The zero-order chi connectivity index (χ0) is 21.7. The van der Waals surface area contributed by atoms with E-state index >= 15 is 0 Å². The number of amides is 1. The summed E-state index contributed by atoms with van der Waals surface area (Å²) in [6.45, 7) is 0.377. The number of ether oxygens (including phenoxy) is 1. The third-order valence-corrected chi connectivity index (χ3v) is 6.83. The molecule has 1 saturated heterocycles. The van der Waals surface area contributed by atoms with Crippen molar-refractivity contribution in [3.63, 3.8) is 0 Å². The fraction of sp³-hybridized carbons (Fsp3) is 0.350. The number of carbonyl (C=O) groups is 1. The molecule has 0 unspecified atom stereocenters. The fourth-order valence-corrected chi connectivity index (χ4v) is 5.02. The molecule has 8 nitrogen and oxygen atoms in total. The highest BCUT2D eigenvalue weighted by Crippen LogP contribution is 2.27. The normalized spacial score (nSPS) is 20.0. The minimum absolute atomic E-state index is 0.0490. The van der Waals surface area contributed by atoms with Crippen LogP contribution in [0.25, 0.3) is 0 Å². The van der Waals surface area contributed by atoms with Gasteiger partial charge in [0.1, 0.15) is 17.6 Å². The van der Waals surface area contributed by atoms with E-state index < -0.39 is 28.1 Å². The lowest BCUT2D eigenvalue weighted by atomic mass is 10.0. The lowest BCUT2D eigenvalue weighted by molar-refractivity contribution is -0.138.